The molecule has 0 aliphatic heterocycles. The summed E-state index contributed by atoms with van der Waals surface area (Å²) < 4.78 is 13.2. The lowest BCUT2D eigenvalue weighted by Gasteiger charge is -2.22. The van der Waals surface area contributed by atoms with Crippen molar-refractivity contribution in [3.8, 4) is 0 Å². The summed E-state index contributed by atoms with van der Waals surface area (Å²) in [6.07, 6.45) is -0.967. The minimum Gasteiger partial charge on any atom is -0.395 e. The summed E-state index contributed by atoms with van der Waals surface area (Å²) in [6, 6.07) is 3.32. The van der Waals surface area contributed by atoms with Gasteiger partial charge in [-0.05, 0) is 18.2 Å². The third kappa shape index (κ3) is 4.23. The second kappa shape index (κ2) is 7.13. The van der Waals surface area contributed by atoms with Crippen LogP contribution in [0.2, 0.25) is 0 Å². The van der Waals surface area contributed by atoms with Crippen LogP contribution >= 0.6 is 0 Å². The van der Waals surface area contributed by atoms with Crippen LogP contribution in [0.5, 0.6) is 0 Å². The lowest BCUT2D eigenvalue weighted by atomic mass is 10.1. The van der Waals surface area contributed by atoms with Crippen LogP contribution in [-0.4, -0.2) is 46.3 Å². The molecule has 0 radical (unpaired) electrons. The normalized spacial score (nSPS) is 12.7. The van der Waals surface area contributed by atoms with Crippen molar-refractivity contribution in [1.82, 2.24) is 4.90 Å². The first-order valence-electron chi connectivity index (χ1n) is 5.94. The van der Waals surface area contributed by atoms with Gasteiger partial charge in [-0.1, -0.05) is 13.0 Å². The molecule has 0 aliphatic carbocycles. The van der Waals surface area contributed by atoms with E-state index in [0.29, 0.717) is 13.1 Å². The van der Waals surface area contributed by atoms with Gasteiger partial charge in [0.1, 0.15) is 0 Å². The van der Waals surface area contributed by atoms with Crippen molar-refractivity contribution < 1.29 is 19.5 Å². The molecule has 2 N–H and O–H groups in total. The van der Waals surface area contributed by atoms with Crippen LogP contribution in [0.4, 0.5) is 10.1 Å². The first-order chi connectivity index (χ1) is 8.99. The lowest BCUT2D eigenvalue weighted by molar-refractivity contribution is -0.387. The second-order valence-corrected chi connectivity index (χ2v) is 4.10. The van der Waals surface area contributed by atoms with E-state index >= 15 is 0 Å². The highest BCUT2D eigenvalue weighted by atomic mass is 19.1. The SMILES string of the molecule is CCN(CCO)CC(O)c1ccc(F)c([N+](=O)[O-])c1. The van der Waals surface area contributed by atoms with Crippen LogP contribution in [0, 0.1) is 15.9 Å². The standard InChI is InChI=1S/C12H17FN2O4/c1-2-14(5-6-16)8-12(17)9-3-4-10(13)11(7-9)15(18)19/h3-4,7,12,16-17H,2,5-6,8H2,1H3. The molecular weight excluding hydrogens is 255 g/mol. The Morgan fingerprint density at radius 1 is 1.53 bits per heavy atom. The van der Waals surface area contributed by atoms with E-state index in [-0.39, 0.29) is 18.7 Å². The monoisotopic (exact) mass is 272 g/mol. The van der Waals surface area contributed by atoms with Gasteiger partial charge in [0.05, 0.1) is 17.6 Å². The van der Waals surface area contributed by atoms with E-state index in [9.17, 15) is 19.6 Å². The second-order valence-electron chi connectivity index (χ2n) is 4.10. The molecule has 106 valence electrons. The smallest absolute Gasteiger partial charge is 0.305 e. The molecule has 7 heteroatoms. The molecule has 0 aromatic heterocycles. The number of nitro groups is 1. The molecule has 1 atom stereocenters. The van der Waals surface area contributed by atoms with Gasteiger partial charge in [0.25, 0.3) is 0 Å². The minimum atomic E-state index is -0.967. The van der Waals surface area contributed by atoms with E-state index in [1.165, 1.54) is 6.07 Å². The Morgan fingerprint density at radius 3 is 2.74 bits per heavy atom. The maximum atomic E-state index is 13.2. The van der Waals surface area contributed by atoms with Crippen LogP contribution in [-0.2, 0) is 0 Å². The number of likely N-dealkylation sites (N-methyl/N-ethyl adjacent to an activating group) is 1. The van der Waals surface area contributed by atoms with Gasteiger partial charge in [0.15, 0.2) is 0 Å². The highest BCUT2D eigenvalue weighted by molar-refractivity contribution is 5.37. The van der Waals surface area contributed by atoms with Gasteiger partial charge in [0, 0.05) is 19.2 Å². The van der Waals surface area contributed by atoms with Crippen molar-refractivity contribution in [2.24, 2.45) is 0 Å². The number of hydrogen-bond donors (Lipinski definition) is 2. The number of hydrogen-bond acceptors (Lipinski definition) is 5. The molecule has 1 unspecified atom stereocenters. The van der Waals surface area contributed by atoms with Gasteiger partial charge < -0.3 is 10.2 Å². The van der Waals surface area contributed by atoms with Crippen molar-refractivity contribution in [2.75, 3.05) is 26.2 Å². The van der Waals surface area contributed by atoms with E-state index in [1.807, 2.05) is 6.92 Å². The summed E-state index contributed by atoms with van der Waals surface area (Å²) in [5.74, 6) is -0.927. The number of halogens is 1. The zero-order valence-electron chi connectivity index (χ0n) is 10.6. The molecule has 1 aromatic carbocycles. The fraction of sp³-hybridized carbons (Fsp3) is 0.500. The van der Waals surface area contributed by atoms with Gasteiger partial charge >= 0.3 is 5.69 Å². The Bertz CT molecular complexity index is 442. The highest BCUT2D eigenvalue weighted by Gasteiger charge is 2.19. The quantitative estimate of drug-likeness (QED) is 0.573. The molecule has 0 amide bonds. The molecule has 0 saturated heterocycles. The lowest BCUT2D eigenvalue weighted by Crippen LogP contribution is -2.31. The van der Waals surface area contributed by atoms with Gasteiger partial charge in [-0.3, -0.25) is 15.0 Å². The van der Waals surface area contributed by atoms with E-state index < -0.39 is 22.5 Å². The number of aliphatic hydroxyl groups excluding tert-OH is 2. The Balaban J connectivity index is 2.84. The molecular formula is C12H17FN2O4. The fourth-order valence-electron chi connectivity index (χ4n) is 1.75. The summed E-state index contributed by atoms with van der Waals surface area (Å²) in [4.78, 5) is 11.6. The predicted molar refractivity (Wildman–Crippen MR) is 67.2 cm³/mol. The fourth-order valence-corrected chi connectivity index (χ4v) is 1.75. The van der Waals surface area contributed by atoms with Crippen LogP contribution < -0.4 is 0 Å². The van der Waals surface area contributed by atoms with E-state index in [0.717, 1.165) is 12.1 Å². The van der Waals surface area contributed by atoms with Gasteiger partial charge in [0.2, 0.25) is 5.82 Å². The Labute approximate surface area is 110 Å². The number of rotatable bonds is 7. The van der Waals surface area contributed by atoms with E-state index in [2.05, 4.69) is 0 Å². The molecule has 0 spiro atoms. The summed E-state index contributed by atoms with van der Waals surface area (Å²) in [6.45, 7) is 3.08. The van der Waals surface area contributed by atoms with Crippen molar-refractivity contribution in [3.63, 3.8) is 0 Å². The van der Waals surface area contributed by atoms with Crippen LogP contribution in [0.25, 0.3) is 0 Å². The first kappa shape index (κ1) is 15.5. The summed E-state index contributed by atoms with van der Waals surface area (Å²) >= 11 is 0. The molecule has 0 bridgehead atoms. The molecule has 1 aromatic rings. The largest absolute Gasteiger partial charge is 0.395 e. The van der Waals surface area contributed by atoms with Gasteiger partial charge in [-0.15, -0.1) is 0 Å². The maximum Gasteiger partial charge on any atom is 0.305 e. The molecule has 0 fully saturated rings. The number of aliphatic hydroxyl groups is 2. The number of nitro benzene ring substituents is 1. The number of benzene rings is 1. The van der Waals surface area contributed by atoms with E-state index in [4.69, 9.17) is 5.11 Å². The Morgan fingerprint density at radius 2 is 2.21 bits per heavy atom. The zero-order valence-corrected chi connectivity index (χ0v) is 10.6. The molecule has 6 nitrogen and oxygen atoms in total. The van der Waals surface area contributed by atoms with Crippen molar-refractivity contribution in [1.29, 1.82) is 0 Å². The third-order valence-corrected chi connectivity index (χ3v) is 2.85. The van der Waals surface area contributed by atoms with Crippen molar-refractivity contribution >= 4 is 5.69 Å². The van der Waals surface area contributed by atoms with Gasteiger partial charge in [-0.2, -0.15) is 4.39 Å². The van der Waals surface area contributed by atoms with Crippen molar-refractivity contribution in [3.05, 3.63) is 39.7 Å². The van der Waals surface area contributed by atoms with Crippen LogP contribution in [0.15, 0.2) is 18.2 Å². The summed E-state index contributed by atoms with van der Waals surface area (Å²) in [7, 11) is 0. The zero-order chi connectivity index (χ0) is 14.4. The van der Waals surface area contributed by atoms with Crippen LogP contribution in [0.3, 0.4) is 0 Å². The summed E-state index contributed by atoms with van der Waals surface area (Å²) in [5.41, 5.74) is -0.369. The number of nitrogens with zero attached hydrogens (tertiary/aromatic N) is 2. The minimum absolute atomic E-state index is 0.0376. The summed E-state index contributed by atoms with van der Waals surface area (Å²) in [5, 5.41) is 29.4. The first-order valence-corrected chi connectivity index (χ1v) is 5.94. The molecule has 19 heavy (non-hydrogen) atoms. The van der Waals surface area contributed by atoms with Crippen molar-refractivity contribution in [2.45, 2.75) is 13.0 Å². The average Bonchev–Trinajstić information content (AvgIpc) is 2.38. The molecule has 1 rings (SSSR count). The Kier molecular flexibility index (Phi) is 5.81. The topological polar surface area (TPSA) is 86.8 Å². The molecule has 0 saturated carbocycles. The maximum absolute atomic E-state index is 13.2. The van der Waals surface area contributed by atoms with Crippen LogP contribution in [0.1, 0.15) is 18.6 Å². The van der Waals surface area contributed by atoms with Gasteiger partial charge in [-0.25, -0.2) is 0 Å². The predicted octanol–water partition coefficient (Wildman–Crippen LogP) is 1.08. The highest BCUT2D eigenvalue weighted by Crippen LogP contribution is 2.23. The van der Waals surface area contributed by atoms with E-state index in [1.54, 1.807) is 4.90 Å². The Hall–Kier alpha value is -1.57. The third-order valence-electron chi connectivity index (χ3n) is 2.85. The molecule has 0 heterocycles. The average molecular weight is 272 g/mol. The molecule has 0 aliphatic rings.